The molecule has 0 saturated carbocycles. The highest BCUT2D eigenvalue weighted by Crippen LogP contribution is 2.22. The van der Waals surface area contributed by atoms with E-state index < -0.39 is 0 Å². The van der Waals surface area contributed by atoms with Gasteiger partial charge in [0.15, 0.2) is 0 Å². The molecule has 0 aliphatic heterocycles. The first kappa shape index (κ1) is 13.3. The maximum Gasteiger partial charge on any atom is 0.310 e. The van der Waals surface area contributed by atoms with Gasteiger partial charge in [0.25, 0.3) is 0 Å². The summed E-state index contributed by atoms with van der Waals surface area (Å²) in [6.45, 7) is 4.21. The number of methoxy groups -OCH3 is 1. The average Bonchev–Trinajstić information content (AvgIpc) is 2.37. The lowest BCUT2D eigenvalue weighted by atomic mass is 9.98. The molecule has 4 heteroatoms. The van der Waals surface area contributed by atoms with Gasteiger partial charge in [-0.25, -0.2) is 0 Å². The molecule has 0 radical (unpaired) electrons. The van der Waals surface area contributed by atoms with Gasteiger partial charge >= 0.3 is 5.97 Å². The number of hydrogen-bond acceptors (Lipinski definition) is 3. The van der Waals surface area contributed by atoms with Crippen LogP contribution in [0.15, 0.2) is 29.1 Å². The van der Waals surface area contributed by atoms with Crippen LogP contribution in [0.5, 0.6) is 0 Å². The monoisotopic (exact) mass is 259 g/mol. The van der Waals surface area contributed by atoms with Crippen LogP contribution in [0.1, 0.15) is 30.9 Å². The van der Waals surface area contributed by atoms with Crippen molar-refractivity contribution in [1.29, 1.82) is 0 Å². The lowest BCUT2D eigenvalue weighted by Crippen LogP contribution is -2.11. The number of hydrogen-bond donors (Lipinski definition) is 1. The van der Waals surface area contributed by atoms with Gasteiger partial charge in [-0.1, -0.05) is 19.9 Å². The highest BCUT2D eigenvalue weighted by molar-refractivity contribution is 5.86. The molecule has 0 amide bonds. The molecule has 0 fully saturated rings. The molecule has 1 aromatic heterocycles. The molecule has 0 atom stereocenters. The van der Waals surface area contributed by atoms with Crippen LogP contribution >= 0.6 is 0 Å². The van der Waals surface area contributed by atoms with Crippen molar-refractivity contribution in [2.45, 2.75) is 26.2 Å². The van der Waals surface area contributed by atoms with Crippen LogP contribution in [-0.2, 0) is 16.0 Å². The van der Waals surface area contributed by atoms with E-state index in [1.165, 1.54) is 18.7 Å². The topological polar surface area (TPSA) is 59.2 Å². The van der Waals surface area contributed by atoms with E-state index >= 15 is 0 Å². The van der Waals surface area contributed by atoms with Gasteiger partial charge in [-0.3, -0.25) is 9.59 Å². The maximum absolute atomic E-state index is 11.6. The second-order valence-electron chi connectivity index (χ2n) is 4.87. The Morgan fingerprint density at radius 2 is 2.05 bits per heavy atom. The zero-order valence-electron chi connectivity index (χ0n) is 11.3. The van der Waals surface area contributed by atoms with E-state index in [-0.39, 0.29) is 17.9 Å². The number of nitrogens with one attached hydrogen (secondary N) is 1. The first-order valence-corrected chi connectivity index (χ1v) is 6.24. The number of aromatic amines is 1. The Morgan fingerprint density at radius 1 is 1.32 bits per heavy atom. The van der Waals surface area contributed by atoms with E-state index in [9.17, 15) is 9.59 Å². The first-order chi connectivity index (χ1) is 9.01. The molecule has 1 N–H and O–H groups in total. The largest absolute Gasteiger partial charge is 0.469 e. The van der Waals surface area contributed by atoms with E-state index in [1.54, 1.807) is 0 Å². The van der Waals surface area contributed by atoms with E-state index in [2.05, 4.69) is 23.6 Å². The van der Waals surface area contributed by atoms with E-state index in [0.29, 0.717) is 11.5 Å². The molecule has 0 unspecified atom stereocenters. The van der Waals surface area contributed by atoms with Gasteiger partial charge in [0.1, 0.15) is 0 Å². The molecule has 0 aliphatic carbocycles. The van der Waals surface area contributed by atoms with Crippen molar-refractivity contribution in [2.75, 3.05) is 7.11 Å². The van der Waals surface area contributed by atoms with E-state index in [1.807, 2.05) is 18.2 Å². The summed E-state index contributed by atoms with van der Waals surface area (Å²) in [5, 5.41) is 0.899. The third-order valence-corrected chi connectivity index (χ3v) is 3.18. The molecular formula is C15H17NO3. The number of pyridine rings is 1. The van der Waals surface area contributed by atoms with Crippen LogP contribution in [-0.4, -0.2) is 18.1 Å². The number of rotatable bonds is 3. The molecule has 2 rings (SSSR count). The summed E-state index contributed by atoms with van der Waals surface area (Å²) in [5.74, 6) is 0.0455. The van der Waals surface area contributed by atoms with Gasteiger partial charge in [0.05, 0.1) is 13.5 Å². The predicted octanol–water partition coefficient (Wildman–Crippen LogP) is 2.37. The maximum atomic E-state index is 11.6. The van der Waals surface area contributed by atoms with E-state index in [4.69, 9.17) is 0 Å². The van der Waals surface area contributed by atoms with Gasteiger partial charge in [0.2, 0.25) is 5.56 Å². The summed E-state index contributed by atoms with van der Waals surface area (Å²) in [7, 11) is 1.34. The fourth-order valence-electron chi connectivity index (χ4n) is 2.07. The Morgan fingerprint density at radius 3 is 2.68 bits per heavy atom. The van der Waals surface area contributed by atoms with Gasteiger partial charge in [-0.2, -0.15) is 0 Å². The summed E-state index contributed by atoms with van der Waals surface area (Å²) >= 11 is 0. The molecule has 0 aliphatic rings. The zero-order chi connectivity index (χ0) is 14.0. The standard InChI is InChI=1S/C15H17NO3/c1-9(2)10-4-5-13-12(6-10)11(7-14(17)16-13)8-15(18)19-3/h4-7,9H,8H2,1-3H3,(H,16,17). The number of ether oxygens (including phenoxy) is 1. The molecule has 100 valence electrons. The number of fused-ring (bicyclic) bond motifs is 1. The number of carbonyl (C=O) groups is 1. The molecule has 0 saturated heterocycles. The molecule has 2 aromatic rings. The Hall–Kier alpha value is -2.10. The lowest BCUT2D eigenvalue weighted by Gasteiger charge is -2.10. The summed E-state index contributed by atoms with van der Waals surface area (Å²) in [5.41, 5.74) is 2.42. The number of esters is 1. The second-order valence-corrected chi connectivity index (χ2v) is 4.87. The van der Waals surface area contributed by atoms with Crippen molar-refractivity contribution in [3.8, 4) is 0 Å². The SMILES string of the molecule is COC(=O)Cc1cc(=O)[nH]c2ccc(C(C)C)cc12. The van der Waals surface area contributed by atoms with Crippen LogP contribution < -0.4 is 5.56 Å². The van der Waals surface area contributed by atoms with Crippen molar-refractivity contribution >= 4 is 16.9 Å². The molecule has 0 spiro atoms. The molecule has 19 heavy (non-hydrogen) atoms. The van der Waals surface area contributed by atoms with Crippen molar-refractivity contribution in [1.82, 2.24) is 4.98 Å². The highest BCUT2D eigenvalue weighted by Gasteiger charge is 2.10. The quantitative estimate of drug-likeness (QED) is 0.861. The molecule has 1 heterocycles. The average molecular weight is 259 g/mol. The molecule has 4 nitrogen and oxygen atoms in total. The summed E-state index contributed by atoms with van der Waals surface area (Å²) < 4.78 is 4.67. The second kappa shape index (κ2) is 5.26. The Balaban J connectivity index is 2.62. The van der Waals surface area contributed by atoms with Crippen molar-refractivity contribution in [3.05, 3.63) is 45.7 Å². The van der Waals surface area contributed by atoms with Crippen molar-refractivity contribution < 1.29 is 9.53 Å². The van der Waals surface area contributed by atoms with E-state index in [0.717, 1.165) is 10.9 Å². The fourth-order valence-corrected chi connectivity index (χ4v) is 2.07. The predicted molar refractivity (Wildman–Crippen MR) is 74.4 cm³/mol. The molecule has 0 bridgehead atoms. The van der Waals surface area contributed by atoms with Crippen LogP contribution in [0, 0.1) is 0 Å². The smallest absolute Gasteiger partial charge is 0.310 e. The first-order valence-electron chi connectivity index (χ1n) is 6.24. The number of aromatic nitrogens is 1. The highest BCUT2D eigenvalue weighted by atomic mass is 16.5. The fraction of sp³-hybridized carbons (Fsp3) is 0.333. The minimum atomic E-state index is -0.346. The third-order valence-electron chi connectivity index (χ3n) is 3.18. The summed E-state index contributed by atoms with van der Waals surface area (Å²) in [6, 6.07) is 7.36. The summed E-state index contributed by atoms with van der Waals surface area (Å²) in [4.78, 5) is 25.8. The number of H-pyrrole nitrogens is 1. The van der Waals surface area contributed by atoms with Crippen molar-refractivity contribution in [2.24, 2.45) is 0 Å². The minimum absolute atomic E-state index is 0.110. The Labute approximate surface area is 111 Å². The van der Waals surface area contributed by atoms with Crippen LogP contribution in [0.25, 0.3) is 10.9 Å². The molecular weight excluding hydrogens is 242 g/mol. The van der Waals surface area contributed by atoms with Gasteiger partial charge in [-0.05, 0) is 29.2 Å². The normalized spacial score (nSPS) is 10.9. The lowest BCUT2D eigenvalue weighted by molar-refractivity contribution is -0.139. The Bertz CT molecular complexity index is 671. The minimum Gasteiger partial charge on any atom is -0.469 e. The van der Waals surface area contributed by atoms with Crippen LogP contribution in [0.2, 0.25) is 0 Å². The third kappa shape index (κ3) is 2.84. The van der Waals surface area contributed by atoms with Crippen LogP contribution in [0.4, 0.5) is 0 Å². The van der Waals surface area contributed by atoms with Gasteiger partial charge < -0.3 is 9.72 Å². The van der Waals surface area contributed by atoms with Gasteiger partial charge in [0, 0.05) is 17.0 Å². The number of carbonyl (C=O) groups excluding carboxylic acids is 1. The zero-order valence-corrected chi connectivity index (χ0v) is 11.3. The Kier molecular flexibility index (Phi) is 3.69. The molecule has 1 aromatic carbocycles. The van der Waals surface area contributed by atoms with Gasteiger partial charge in [-0.15, -0.1) is 0 Å². The summed E-state index contributed by atoms with van der Waals surface area (Å²) in [6.07, 6.45) is 0.110. The van der Waals surface area contributed by atoms with Crippen molar-refractivity contribution in [3.63, 3.8) is 0 Å². The van der Waals surface area contributed by atoms with Crippen LogP contribution in [0.3, 0.4) is 0 Å². The number of benzene rings is 1.